The van der Waals surface area contributed by atoms with Gasteiger partial charge < -0.3 is 4.90 Å². The second-order valence-electron chi connectivity index (χ2n) is 7.05. The topological polar surface area (TPSA) is 57.7 Å². The molecule has 1 aliphatic heterocycles. The van der Waals surface area contributed by atoms with Crippen molar-refractivity contribution in [1.82, 2.24) is 9.21 Å². The van der Waals surface area contributed by atoms with Gasteiger partial charge in [0.2, 0.25) is 10.0 Å². The highest BCUT2D eigenvalue weighted by Gasteiger charge is 2.32. The van der Waals surface area contributed by atoms with E-state index in [1.54, 1.807) is 18.7 Å². The molecule has 2 aromatic rings. The number of amides is 1. The van der Waals surface area contributed by atoms with Gasteiger partial charge in [-0.1, -0.05) is 29.3 Å². The summed E-state index contributed by atoms with van der Waals surface area (Å²) in [6.45, 7) is 6.40. The van der Waals surface area contributed by atoms with Crippen molar-refractivity contribution in [3.8, 4) is 0 Å². The number of halogens is 2. The van der Waals surface area contributed by atoms with Crippen molar-refractivity contribution in [1.29, 1.82) is 0 Å². The minimum absolute atomic E-state index is 0.0472. The Morgan fingerprint density at radius 2 is 1.57 bits per heavy atom. The zero-order chi connectivity index (χ0) is 20.6. The maximum Gasteiger partial charge on any atom is 0.255 e. The van der Waals surface area contributed by atoms with Crippen LogP contribution < -0.4 is 0 Å². The summed E-state index contributed by atoms with van der Waals surface area (Å²) in [6.07, 6.45) is 0. The quantitative estimate of drug-likeness (QED) is 0.757. The van der Waals surface area contributed by atoms with Gasteiger partial charge in [0.1, 0.15) is 5.82 Å². The lowest BCUT2D eigenvalue weighted by molar-refractivity contribution is 0.0698. The number of carbonyl (C=O) groups excluding carboxylic acids is 1. The fraction of sp³-hybridized carbons (Fsp3) is 0.350. The standard InChI is InChI=1S/C20H22ClFN2O3S/c1-13-10-14(2)19(15(3)11-13)28(26,27)24-8-6-23(7-9-24)20(25)17-5-4-16(22)12-18(17)21/h4-5,10-12H,6-9H2,1-3H3. The Bertz CT molecular complexity index is 1010. The van der Waals surface area contributed by atoms with E-state index < -0.39 is 15.8 Å². The van der Waals surface area contributed by atoms with Crippen LogP contribution in [-0.4, -0.2) is 49.7 Å². The number of nitrogens with zero attached hydrogens (tertiary/aromatic N) is 2. The van der Waals surface area contributed by atoms with Gasteiger partial charge in [0.05, 0.1) is 15.5 Å². The van der Waals surface area contributed by atoms with Crippen LogP contribution in [0, 0.1) is 26.6 Å². The van der Waals surface area contributed by atoms with Gasteiger partial charge >= 0.3 is 0 Å². The van der Waals surface area contributed by atoms with Crippen molar-refractivity contribution in [3.05, 3.63) is 63.4 Å². The molecule has 2 aromatic carbocycles. The highest BCUT2D eigenvalue weighted by Crippen LogP contribution is 2.27. The largest absolute Gasteiger partial charge is 0.336 e. The minimum atomic E-state index is -3.65. The Balaban J connectivity index is 1.77. The number of rotatable bonds is 3. The monoisotopic (exact) mass is 424 g/mol. The molecule has 3 rings (SSSR count). The summed E-state index contributed by atoms with van der Waals surface area (Å²) in [7, 11) is -3.65. The van der Waals surface area contributed by atoms with E-state index in [0.717, 1.165) is 11.6 Å². The van der Waals surface area contributed by atoms with Crippen molar-refractivity contribution >= 4 is 27.5 Å². The first-order valence-electron chi connectivity index (χ1n) is 8.93. The van der Waals surface area contributed by atoms with E-state index in [1.165, 1.54) is 16.4 Å². The summed E-state index contributed by atoms with van der Waals surface area (Å²) in [5.41, 5.74) is 2.66. The van der Waals surface area contributed by atoms with E-state index in [4.69, 9.17) is 11.6 Å². The van der Waals surface area contributed by atoms with E-state index >= 15 is 0 Å². The molecule has 150 valence electrons. The van der Waals surface area contributed by atoms with Gasteiger partial charge in [0.25, 0.3) is 5.91 Å². The van der Waals surface area contributed by atoms with Crippen LogP contribution >= 0.6 is 11.6 Å². The molecule has 1 aliphatic rings. The Kier molecular flexibility index (Phi) is 5.79. The summed E-state index contributed by atoms with van der Waals surface area (Å²) in [5, 5.41) is 0.0472. The molecule has 0 radical (unpaired) electrons. The first kappa shape index (κ1) is 20.8. The van der Waals surface area contributed by atoms with Crippen LogP contribution in [0.25, 0.3) is 0 Å². The average Bonchev–Trinajstić information content (AvgIpc) is 2.60. The third-order valence-corrected chi connectivity index (χ3v) is 7.41. The molecule has 0 N–H and O–H groups in total. The van der Waals surface area contributed by atoms with Crippen LogP contribution in [0.15, 0.2) is 35.2 Å². The van der Waals surface area contributed by atoms with Crippen LogP contribution in [0.3, 0.4) is 0 Å². The molecule has 0 spiro atoms. The first-order chi connectivity index (χ1) is 13.1. The summed E-state index contributed by atoms with van der Waals surface area (Å²) < 4.78 is 40.9. The van der Waals surface area contributed by atoms with Gasteiger partial charge in [0, 0.05) is 26.2 Å². The molecule has 1 heterocycles. The number of benzene rings is 2. The molecule has 1 fully saturated rings. The molecule has 0 aliphatic carbocycles. The first-order valence-corrected chi connectivity index (χ1v) is 10.8. The second kappa shape index (κ2) is 7.81. The number of carbonyl (C=O) groups is 1. The Labute approximate surface area is 169 Å². The normalized spacial score (nSPS) is 15.7. The third-order valence-electron chi connectivity index (χ3n) is 4.89. The molecule has 1 amide bonds. The van der Waals surface area contributed by atoms with Gasteiger partial charge in [0.15, 0.2) is 0 Å². The Hall–Kier alpha value is -1.96. The van der Waals surface area contributed by atoms with Crippen molar-refractivity contribution in [2.75, 3.05) is 26.2 Å². The fourth-order valence-electron chi connectivity index (χ4n) is 3.67. The van der Waals surface area contributed by atoms with Crippen LogP contribution in [-0.2, 0) is 10.0 Å². The Morgan fingerprint density at radius 1 is 1.00 bits per heavy atom. The van der Waals surface area contributed by atoms with Crippen LogP contribution in [0.1, 0.15) is 27.0 Å². The van der Waals surface area contributed by atoms with Gasteiger partial charge in [-0.05, 0) is 50.1 Å². The predicted molar refractivity (Wildman–Crippen MR) is 107 cm³/mol. The molecule has 8 heteroatoms. The maximum atomic E-state index is 13.2. The molecule has 0 saturated carbocycles. The number of hydrogen-bond donors (Lipinski definition) is 0. The smallest absolute Gasteiger partial charge is 0.255 e. The second-order valence-corrected chi connectivity index (χ2v) is 9.33. The number of hydrogen-bond acceptors (Lipinski definition) is 3. The fourth-order valence-corrected chi connectivity index (χ4v) is 5.75. The highest BCUT2D eigenvalue weighted by atomic mass is 35.5. The predicted octanol–water partition coefficient (Wildman–Crippen LogP) is 3.55. The van der Waals surface area contributed by atoms with Crippen LogP contribution in [0.2, 0.25) is 5.02 Å². The summed E-state index contributed by atoms with van der Waals surface area (Å²) >= 11 is 5.98. The average molecular weight is 425 g/mol. The zero-order valence-corrected chi connectivity index (χ0v) is 17.6. The van der Waals surface area contributed by atoms with Crippen molar-refractivity contribution in [3.63, 3.8) is 0 Å². The maximum absolute atomic E-state index is 13.2. The molecule has 0 unspecified atom stereocenters. The molecule has 1 saturated heterocycles. The lowest BCUT2D eigenvalue weighted by Crippen LogP contribution is -2.50. The SMILES string of the molecule is Cc1cc(C)c(S(=O)(=O)N2CCN(C(=O)c3ccc(F)cc3Cl)CC2)c(C)c1. The van der Waals surface area contributed by atoms with E-state index in [0.29, 0.717) is 16.0 Å². The van der Waals surface area contributed by atoms with Crippen molar-refractivity contribution < 1.29 is 17.6 Å². The summed E-state index contributed by atoms with van der Waals surface area (Å²) in [6, 6.07) is 7.34. The van der Waals surface area contributed by atoms with Gasteiger partial charge in [-0.2, -0.15) is 4.31 Å². The lowest BCUT2D eigenvalue weighted by Gasteiger charge is -2.34. The highest BCUT2D eigenvalue weighted by molar-refractivity contribution is 7.89. The molecular weight excluding hydrogens is 403 g/mol. The third kappa shape index (κ3) is 3.92. The van der Waals surface area contributed by atoms with Crippen LogP contribution in [0.4, 0.5) is 4.39 Å². The van der Waals surface area contributed by atoms with E-state index in [-0.39, 0.29) is 42.7 Å². The number of aryl methyl sites for hydroxylation is 3. The number of sulfonamides is 1. The molecule has 0 atom stereocenters. The lowest BCUT2D eigenvalue weighted by atomic mass is 10.1. The van der Waals surface area contributed by atoms with Gasteiger partial charge in [-0.3, -0.25) is 4.79 Å². The summed E-state index contributed by atoms with van der Waals surface area (Å²) in [4.78, 5) is 14.5. The van der Waals surface area contributed by atoms with Crippen molar-refractivity contribution in [2.45, 2.75) is 25.7 Å². The van der Waals surface area contributed by atoms with Gasteiger partial charge in [-0.15, -0.1) is 0 Å². The Morgan fingerprint density at radius 3 is 2.11 bits per heavy atom. The summed E-state index contributed by atoms with van der Waals surface area (Å²) in [5.74, 6) is -0.842. The molecule has 0 aromatic heterocycles. The molecule has 0 bridgehead atoms. The zero-order valence-electron chi connectivity index (χ0n) is 16.0. The van der Waals surface area contributed by atoms with E-state index in [1.807, 2.05) is 19.1 Å². The van der Waals surface area contributed by atoms with E-state index in [2.05, 4.69) is 0 Å². The molecule has 5 nitrogen and oxygen atoms in total. The van der Waals surface area contributed by atoms with Gasteiger partial charge in [-0.25, -0.2) is 12.8 Å². The number of piperazine rings is 1. The molecule has 28 heavy (non-hydrogen) atoms. The molecular formula is C20H22ClFN2O3S. The van der Waals surface area contributed by atoms with E-state index in [9.17, 15) is 17.6 Å². The van der Waals surface area contributed by atoms with Crippen molar-refractivity contribution in [2.24, 2.45) is 0 Å². The minimum Gasteiger partial charge on any atom is -0.336 e. The van der Waals surface area contributed by atoms with Crippen LogP contribution in [0.5, 0.6) is 0 Å².